The molecule has 11 atom stereocenters. The third-order valence-corrected chi connectivity index (χ3v) is 25.2. The Labute approximate surface area is 315 Å². The zero-order valence-corrected chi connectivity index (χ0v) is 38.1. The smallest absolute Gasteiger partial charge is 0.294 e. The van der Waals surface area contributed by atoms with Crippen molar-refractivity contribution in [2.75, 3.05) is 6.61 Å². The Morgan fingerprint density at radius 2 is 1.37 bits per heavy atom. The van der Waals surface area contributed by atoms with Gasteiger partial charge in [0.1, 0.15) is 5.60 Å². The Kier molecular flexibility index (Phi) is 12.6. The summed E-state index contributed by atoms with van der Waals surface area (Å²) in [4.78, 5) is 0. The summed E-state index contributed by atoms with van der Waals surface area (Å²) in [5, 5.41) is 0.329. The maximum Gasteiger partial charge on any atom is 0.294 e. The minimum Gasteiger partial charge on any atom is -0.414 e. The van der Waals surface area contributed by atoms with Gasteiger partial charge in [-0.15, -0.1) is 0 Å². The molecule has 298 valence electrons. The first-order chi connectivity index (χ1) is 23.0. The Hall–Kier alpha value is -0.126. The molecule has 4 fully saturated rings. The number of allylic oxidation sites excluding steroid dienone is 1. The van der Waals surface area contributed by atoms with E-state index in [0.29, 0.717) is 36.2 Å². The predicted octanol–water partition coefficient (Wildman–Crippen LogP) is 13.0. The summed E-state index contributed by atoms with van der Waals surface area (Å²) in [5.41, 5.74) is -1.37. The van der Waals surface area contributed by atoms with Crippen molar-refractivity contribution in [1.29, 1.82) is 0 Å². The number of fused-ring (bicyclic) bond motifs is 5. The van der Waals surface area contributed by atoms with Gasteiger partial charge in [0, 0.05) is 12.7 Å². The summed E-state index contributed by atoms with van der Waals surface area (Å²) in [6.45, 7) is 38.1. The first-order valence-corrected chi connectivity index (χ1v) is 26.6. The van der Waals surface area contributed by atoms with Crippen molar-refractivity contribution >= 4 is 16.6 Å². The van der Waals surface area contributed by atoms with E-state index >= 15 is 8.78 Å². The molecule has 0 aromatic rings. The highest BCUT2D eigenvalue weighted by Crippen LogP contribution is 2.69. The van der Waals surface area contributed by atoms with Crippen LogP contribution in [0.25, 0.3) is 0 Å². The molecule has 0 spiro atoms. The lowest BCUT2D eigenvalue weighted by Gasteiger charge is -2.64. The van der Waals surface area contributed by atoms with Crippen LogP contribution in [0.1, 0.15) is 141 Å². The van der Waals surface area contributed by atoms with Crippen LogP contribution in [0, 0.1) is 46.3 Å². The molecule has 4 aliphatic rings. The highest BCUT2D eigenvalue weighted by Gasteiger charge is 2.64. The van der Waals surface area contributed by atoms with E-state index in [4.69, 9.17) is 18.3 Å². The Morgan fingerprint density at radius 1 is 0.784 bits per heavy atom. The lowest BCUT2D eigenvalue weighted by atomic mass is 9.43. The van der Waals surface area contributed by atoms with E-state index in [0.717, 1.165) is 25.3 Å². The predicted molar refractivity (Wildman–Crippen MR) is 214 cm³/mol. The Morgan fingerprint density at radius 3 is 1.94 bits per heavy atom. The number of hydrogen-bond donors (Lipinski definition) is 0. The SMILES string of the molecule is CCOC(C)OC(C)(C)C(F)(F)C=C[C@@H](C)[C@H]1CC[C@H]2[C@@H]3CCC4C[C@@H](O[Si](C)(C)C(C)(C)C)C[C@H](O[Si](C)(C)C(C)(C)C)[C@]4(C)[C@H]3CC[C@]12C. The molecule has 4 rings (SSSR count). The summed E-state index contributed by atoms with van der Waals surface area (Å²) < 4.78 is 57.2. The number of ether oxygens (including phenoxy) is 2. The molecule has 0 aliphatic heterocycles. The van der Waals surface area contributed by atoms with Gasteiger partial charge in [0.15, 0.2) is 22.9 Å². The first-order valence-electron chi connectivity index (χ1n) is 20.8. The number of halogens is 2. The molecule has 0 aromatic heterocycles. The van der Waals surface area contributed by atoms with Gasteiger partial charge in [0.25, 0.3) is 5.92 Å². The molecular formula is C43H80F2O4Si2. The lowest BCUT2D eigenvalue weighted by Crippen LogP contribution is -2.63. The molecule has 8 heteroatoms. The summed E-state index contributed by atoms with van der Waals surface area (Å²) in [6.07, 6.45) is 12.2. The zero-order chi connectivity index (χ0) is 38.8. The van der Waals surface area contributed by atoms with Gasteiger partial charge in [-0.3, -0.25) is 0 Å². The summed E-state index contributed by atoms with van der Waals surface area (Å²) in [7, 11) is -3.97. The maximum absolute atomic E-state index is 15.6. The van der Waals surface area contributed by atoms with Gasteiger partial charge in [-0.2, -0.15) is 8.78 Å². The highest BCUT2D eigenvalue weighted by molar-refractivity contribution is 6.74. The normalized spacial score (nSPS) is 36.8. The number of hydrogen-bond acceptors (Lipinski definition) is 4. The van der Waals surface area contributed by atoms with Crippen molar-refractivity contribution < 1.29 is 27.1 Å². The third-order valence-electron chi connectivity index (χ3n) is 16.2. The molecule has 51 heavy (non-hydrogen) atoms. The monoisotopic (exact) mass is 755 g/mol. The van der Waals surface area contributed by atoms with Gasteiger partial charge in [-0.05, 0) is 168 Å². The molecule has 4 aliphatic carbocycles. The average molecular weight is 755 g/mol. The average Bonchev–Trinajstić information content (AvgIpc) is 3.32. The van der Waals surface area contributed by atoms with Crippen LogP contribution < -0.4 is 0 Å². The zero-order valence-electron chi connectivity index (χ0n) is 36.1. The van der Waals surface area contributed by atoms with E-state index < -0.39 is 34.4 Å². The maximum atomic E-state index is 15.6. The van der Waals surface area contributed by atoms with E-state index in [1.807, 2.05) is 13.0 Å². The molecule has 0 radical (unpaired) electrons. The van der Waals surface area contributed by atoms with Gasteiger partial charge in [0.2, 0.25) is 0 Å². The largest absolute Gasteiger partial charge is 0.414 e. The third kappa shape index (κ3) is 8.37. The van der Waals surface area contributed by atoms with Gasteiger partial charge < -0.3 is 18.3 Å². The number of alkyl halides is 2. The molecular weight excluding hydrogens is 675 g/mol. The van der Waals surface area contributed by atoms with E-state index in [2.05, 4.69) is 88.5 Å². The molecule has 4 nitrogen and oxygen atoms in total. The van der Waals surface area contributed by atoms with Crippen LogP contribution in [0.15, 0.2) is 12.2 Å². The minimum absolute atomic E-state index is 0.0760. The second-order valence-corrected chi connectivity index (χ2v) is 31.1. The van der Waals surface area contributed by atoms with Crippen LogP contribution in [-0.2, 0) is 18.3 Å². The Balaban J connectivity index is 1.58. The minimum atomic E-state index is -3.11. The van der Waals surface area contributed by atoms with Crippen LogP contribution in [0.2, 0.25) is 36.3 Å². The second kappa shape index (κ2) is 14.7. The number of rotatable bonds is 12. The fourth-order valence-corrected chi connectivity index (χ4v) is 13.7. The first kappa shape index (κ1) is 43.6. The van der Waals surface area contributed by atoms with Crippen molar-refractivity contribution in [3.05, 3.63) is 12.2 Å². The van der Waals surface area contributed by atoms with Crippen molar-refractivity contribution in [3.63, 3.8) is 0 Å². The molecule has 0 bridgehead atoms. The summed E-state index contributed by atoms with van der Waals surface area (Å²) in [5.74, 6) is -0.0776. The molecule has 0 aromatic carbocycles. The topological polar surface area (TPSA) is 36.9 Å². The van der Waals surface area contributed by atoms with Crippen molar-refractivity contribution in [1.82, 2.24) is 0 Å². The summed E-state index contributed by atoms with van der Waals surface area (Å²) >= 11 is 0. The standard InChI is InChI=1S/C43H80F2O4Si2/c1-18-46-30(3)47-40(10,11)43(44,45)26-23-29(2)34-21-22-35-33-20-19-31-27-32(48-50(14,15)38(4,5)6)28-37(49-51(16,17)39(7,8)9)42(31,13)36(33)24-25-41(34,35)12/h23,26,29-37H,18-22,24-25,27-28H2,1-17H3/t29-,30?,31?,32-,33+,34-,35+,36+,37+,41-,42+/m1/s1. The molecule has 0 saturated heterocycles. The molecule has 0 amide bonds. The van der Waals surface area contributed by atoms with Gasteiger partial charge in [-0.1, -0.05) is 68.4 Å². The molecule has 0 heterocycles. The fraction of sp³-hybridized carbons (Fsp3) is 0.953. The molecule has 4 saturated carbocycles. The molecule has 2 unspecified atom stereocenters. The van der Waals surface area contributed by atoms with E-state index in [1.165, 1.54) is 46.0 Å². The van der Waals surface area contributed by atoms with Crippen molar-refractivity contribution in [2.24, 2.45) is 46.3 Å². The van der Waals surface area contributed by atoms with Crippen LogP contribution in [0.5, 0.6) is 0 Å². The van der Waals surface area contributed by atoms with Crippen LogP contribution >= 0.6 is 0 Å². The second-order valence-electron chi connectivity index (χ2n) is 21.6. The quantitative estimate of drug-likeness (QED) is 0.113. The summed E-state index contributed by atoms with van der Waals surface area (Å²) in [6, 6.07) is 0. The lowest BCUT2D eigenvalue weighted by molar-refractivity contribution is -0.247. The van der Waals surface area contributed by atoms with Crippen LogP contribution in [-0.4, -0.2) is 53.3 Å². The Bertz CT molecular complexity index is 1220. The fourth-order valence-electron chi connectivity index (χ4n) is 10.9. The molecule has 0 N–H and O–H groups in total. The van der Waals surface area contributed by atoms with Crippen LogP contribution in [0.3, 0.4) is 0 Å². The van der Waals surface area contributed by atoms with Crippen LogP contribution in [0.4, 0.5) is 8.78 Å². The van der Waals surface area contributed by atoms with E-state index in [9.17, 15) is 0 Å². The van der Waals surface area contributed by atoms with Gasteiger partial charge in [-0.25, -0.2) is 0 Å². The van der Waals surface area contributed by atoms with Crippen molar-refractivity contribution in [2.45, 2.75) is 208 Å². The van der Waals surface area contributed by atoms with E-state index in [1.54, 1.807) is 6.92 Å². The highest BCUT2D eigenvalue weighted by atomic mass is 28.4. The van der Waals surface area contributed by atoms with E-state index in [-0.39, 0.29) is 39.0 Å². The van der Waals surface area contributed by atoms with Gasteiger partial charge >= 0.3 is 0 Å². The van der Waals surface area contributed by atoms with Crippen molar-refractivity contribution in [3.8, 4) is 0 Å². The van der Waals surface area contributed by atoms with Gasteiger partial charge in [0.05, 0.1) is 6.10 Å².